The molecule has 0 fully saturated rings. The van der Waals surface area contributed by atoms with E-state index in [0.29, 0.717) is 0 Å². The van der Waals surface area contributed by atoms with Crippen LogP contribution in [0.4, 0.5) is 0 Å². The molecule has 0 bridgehead atoms. The van der Waals surface area contributed by atoms with Crippen molar-refractivity contribution in [3.8, 4) is 0 Å². The summed E-state index contributed by atoms with van der Waals surface area (Å²) < 4.78 is 4.69. The Kier molecular flexibility index (Phi) is 6.10. The molecule has 5 heavy (non-hydrogen) atoms. The van der Waals surface area contributed by atoms with Gasteiger partial charge in [-0.3, -0.25) is 0 Å². The molecule has 1 nitrogen and oxygen atoms in total. The minimum atomic E-state index is 0.889. The molecule has 0 atom stereocenters. The van der Waals surface area contributed by atoms with Gasteiger partial charge in [0, 0.05) is 0 Å². The average Bonchev–Trinajstić information content (AvgIpc) is 1.41. The van der Waals surface area contributed by atoms with E-state index in [-0.39, 0.29) is 0 Å². The zero-order valence-electron chi connectivity index (χ0n) is 2.82. The number of hydrogen-bond donors (Lipinski definition) is 0. The van der Waals surface area contributed by atoms with E-state index in [9.17, 15) is 0 Å². The summed E-state index contributed by atoms with van der Waals surface area (Å²) in [5.74, 6) is 0. The topological polar surface area (TPSA) is 9.23 Å². The van der Waals surface area contributed by atoms with E-state index < -0.39 is 0 Å². The fourth-order valence-corrected chi connectivity index (χ4v) is 1.38. The first-order valence-electron chi connectivity index (χ1n) is 1.35. The maximum atomic E-state index is 4.69. The van der Waals surface area contributed by atoms with E-state index in [4.69, 9.17) is 3.76 Å². The normalized spacial score (nSPS) is 8.40. The predicted molar refractivity (Wildman–Crippen MR) is 22.3 cm³/mol. The summed E-state index contributed by atoms with van der Waals surface area (Å²) in [4.78, 5) is 0. The number of hydrogen-bond acceptors (Lipinski definition) is 1. The molecule has 0 spiro atoms. The first-order valence-corrected chi connectivity index (χ1v) is 3.69. The van der Waals surface area contributed by atoms with Crippen molar-refractivity contribution >= 4 is 33.4 Å². The first kappa shape index (κ1) is 6.05. The van der Waals surface area contributed by atoms with Gasteiger partial charge in [0.25, 0.3) is 0 Å². The van der Waals surface area contributed by atoms with Crippen molar-refractivity contribution in [2.45, 2.75) is 5.25 Å². The monoisotopic (exact) mass is 192 g/mol. The molecular weight excluding hydrogens is 185 g/mol. The quantitative estimate of drug-likeness (QED) is 0.541. The van der Waals surface area contributed by atoms with E-state index in [1.807, 2.05) is 0 Å². The molecule has 0 amide bonds. The standard InChI is InChI=1S/C2H4Ge2O/c3-1-2-5-4/h1-2H2. The summed E-state index contributed by atoms with van der Waals surface area (Å²) in [7, 11) is 0. The molecule has 3 heteroatoms. The Morgan fingerprint density at radius 2 is 2.20 bits per heavy atom. The van der Waals surface area contributed by atoms with Gasteiger partial charge in [0.05, 0.1) is 0 Å². The van der Waals surface area contributed by atoms with Gasteiger partial charge < -0.3 is 0 Å². The average molecular weight is 189 g/mol. The van der Waals surface area contributed by atoms with Crippen molar-refractivity contribution in [3.63, 3.8) is 0 Å². The SMILES string of the molecule is [Ge][CH2]C[O][Ge]. The van der Waals surface area contributed by atoms with E-state index in [1.54, 1.807) is 16.9 Å². The van der Waals surface area contributed by atoms with Crippen molar-refractivity contribution in [1.82, 2.24) is 0 Å². The zero-order chi connectivity index (χ0) is 4.12. The molecule has 0 aromatic carbocycles. The van der Waals surface area contributed by atoms with Crippen LogP contribution in [0.25, 0.3) is 0 Å². The summed E-state index contributed by atoms with van der Waals surface area (Å²) in [6.07, 6.45) is 0. The Labute approximate surface area is 49.3 Å². The van der Waals surface area contributed by atoms with Crippen LogP contribution in [0.1, 0.15) is 0 Å². The predicted octanol–water partition coefficient (Wildman–Crippen LogP) is -0.327. The second kappa shape index (κ2) is 5.05. The fourth-order valence-electron chi connectivity index (χ4n) is 0.0510. The van der Waals surface area contributed by atoms with E-state index in [0.717, 1.165) is 11.9 Å². The molecule has 0 rings (SSSR count). The summed E-state index contributed by atoms with van der Waals surface area (Å²) in [5.41, 5.74) is 0. The van der Waals surface area contributed by atoms with Gasteiger partial charge in [-0.2, -0.15) is 0 Å². The van der Waals surface area contributed by atoms with Crippen LogP contribution in [-0.2, 0) is 3.76 Å². The Morgan fingerprint density at radius 3 is 2.20 bits per heavy atom. The summed E-state index contributed by atoms with van der Waals surface area (Å²) >= 11 is 3.80. The van der Waals surface area contributed by atoms with Gasteiger partial charge in [0.1, 0.15) is 0 Å². The summed E-state index contributed by atoms with van der Waals surface area (Å²) in [6.45, 7) is 0.889. The molecule has 0 heterocycles. The van der Waals surface area contributed by atoms with Crippen molar-refractivity contribution in [2.24, 2.45) is 0 Å². The van der Waals surface area contributed by atoms with Gasteiger partial charge in [-0.15, -0.1) is 0 Å². The molecule has 26 valence electrons. The molecule has 0 aliphatic carbocycles. The van der Waals surface area contributed by atoms with Gasteiger partial charge in [-0.25, -0.2) is 0 Å². The molecule has 0 N–H and O–H groups in total. The third-order valence-electron chi connectivity index (χ3n) is 0.204. The van der Waals surface area contributed by atoms with Crippen molar-refractivity contribution in [3.05, 3.63) is 0 Å². The van der Waals surface area contributed by atoms with Gasteiger partial charge in [-0.05, 0) is 0 Å². The van der Waals surface area contributed by atoms with Crippen LogP contribution in [0.2, 0.25) is 5.25 Å². The third kappa shape index (κ3) is 5.05. The maximum absolute atomic E-state index is 4.69. The van der Waals surface area contributed by atoms with Crippen molar-refractivity contribution < 1.29 is 3.76 Å². The Bertz CT molecular complexity index is 15.1. The molecule has 0 aliphatic heterocycles. The zero-order valence-corrected chi connectivity index (χ0v) is 7.02. The molecule has 0 saturated heterocycles. The second-order valence-corrected chi connectivity index (χ2v) is 2.25. The van der Waals surface area contributed by atoms with Crippen LogP contribution in [0.5, 0.6) is 0 Å². The molecule has 0 aliphatic rings. The van der Waals surface area contributed by atoms with Crippen LogP contribution < -0.4 is 0 Å². The molecule has 0 saturated carbocycles. The van der Waals surface area contributed by atoms with Crippen molar-refractivity contribution in [1.29, 1.82) is 0 Å². The van der Waals surface area contributed by atoms with Crippen molar-refractivity contribution in [2.75, 3.05) is 6.61 Å². The minimum absolute atomic E-state index is 0.889. The van der Waals surface area contributed by atoms with Crippen LogP contribution in [-0.4, -0.2) is 40.0 Å². The van der Waals surface area contributed by atoms with Gasteiger partial charge in [0.2, 0.25) is 0 Å². The molecule has 6 radical (unpaired) electrons. The molecule has 0 unspecified atom stereocenters. The third-order valence-corrected chi connectivity index (χ3v) is 1.06. The first-order chi connectivity index (χ1) is 2.41. The summed E-state index contributed by atoms with van der Waals surface area (Å²) in [6, 6.07) is 0. The van der Waals surface area contributed by atoms with E-state index in [2.05, 4.69) is 16.5 Å². The van der Waals surface area contributed by atoms with Crippen LogP contribution in [0, 0.1) is 0 Å². The van der Waals surface area contributed by atoms with Gasteiger partial charge in [-0.1, -0.05) is 0 Å². The Morgan fingerprint density at radius 1 is 1.60 bits per heavy atom. The Hall–Kier alpha value is 1.05. The van der Waals surface area contributed by atoms with Gasteiger partial charge in [0.15, 0.2) is 0 Å². The summed E-state index contributed by atoms with van der Waals surface area (Å²) in [5, 5.41) is 1.12. The Balaban J connectivity index is 2.19. The molecule has 0 aromatic heterocycles. The van der Waals surface area contributed by atoms with Gasteiger partial charge >= 0.3 is 49.0 Å². The van der Waals surface area contributed by atoms with Crippen LogP contribution in [0.15, 0.2) is 0 Å². The molecule has 0 aromatic rings. The molecular formula is C2H4Ge2O. The van der Waals surface area contributed by atoms with Crippen LogP contribution >= 0.6 is 0 Å². The van der Waals surface area contributed by atoms with E-state index in [1.165, 1.54) is 0 Å². The van der Waals surface area contributed by atoms with E-state index >= 15 is 0 Å². The fraction of sp³-hybridized carbons (Fsp3) is 1.00. The van der Waals surface area contributed by atoms with Crippen LogP contribution in [0.3, 0.4) is 0 Å². The second-order valence-electron chi connectivity index (χ2n) is 0.598. The number of rotatable bonds is 2.